The number of benzene rings is 1. The third-order valence-corrected chi connectivity index (χ3v) is 7.91. The smallest absolute Gasteiger partial charge is 0.403 e. The number of anilines is 2. The standard InChI is InChI=1S/C26H31F4N5O4Si/c1-40(2,3)11-10-38-16-35-22(6-8-32-35)20-12-17(14-31-24(20)34-9-7-19(36)15-34)25(37)33-18-4-5-23(21(27)13-18)39-26(28,29)30/h4-6,8,12-14,19,36H,7,9-11,15-16H2,1-3H3,(H,33,37)/t19-/m1/s1. The summed E-state index contributed by atoms with van der Waals surface area (Å²) >= 11 is 0. The lowest BCUT2D eigenvalue weighted by molar-refractivity contribution is -0.275. The van der Waals surface area contributed by atoms with Crippen molar-refractivity contribution in [2.24, 2.45) is 0 Å². The Morgan fingerprint density at radius 1 is 1.23 bits per heavy atom. The summed E-state index contributed by atoms with van der Waals surface area (Å²) in [6, 6.07) is 6.98. The van der Waals surface area contributed by atoms with Gasteiger partial charge in [0, 0.05) is 57.5 Å². The fourth-order valence-electron chi connectivity index (χ4n) is 4.14. The van der Waals surface area contributed by atoms with Crippen LogP contribution in [0, 0.1) is 5.82 Å². The number of carbonyl (C=O) groups is 1. The van der Waals surface area contributed by atoms with Crippen LogP contribution in [0.15, 0.2) is 42.7 Å². The van der Waals surface area contributed by atoms with Gasteiger partial charge in [0.15, 0.2) is 11.6 Å². The summed E-state index contributed by atoms with van der Waals surface area (Å²) < 4.78 is 62.6. The van der Waals surface area contributed by atoms with Gasteiger partial charge in [-0.15, -0.1) is 13.2 Å². The zero-order valence-corrected chi connectivity index (χ0v) is 23.3. The summed E-state index contributed by atoms with van der Waals surface area (Å²) in [5.41, 5.74) is 1.28. The van der Waals surface area contributed by atoms with E-state index in [2.05, 4.69) is 39.8 Å². The highest BCUT2D eigenvalue weighted by Crippen LogP contribution is 2.33. The van der Waals surface area contributed by atoms with Crippen LogP contribution in [-0.4, -0.2) is 66.0 Å². The third kappa shape index (κ3) is 7.79. The first-order valence-corrected chi connectivity index (χ1v) is 16.4. The number of nitrogens with one attached hydrogen (secondary N) is 1. The van der Waals surface area contributed by atoms with Gasteiger partial charge in [0.25, 0.3) is 5.91 Å². The van der Waals surface area contributed by atoms with E-state index in [1.807, 2.05) is 4.90 Å². The Bertz CT molecular complexity index is 1350. The summed E-state index contributed by atoms with van der Waals surface area (Å²) in [6.45, 7) is 8.49. The number of alkyl halides is 3. The maximum atomic E-state index is 14.1. The predicted octanol–water partition coefficient (Wildman–Crippen LogP) is 5.12. The highest BCUT2D eigenvalue weighted by atomic mass is 28.3. The number of aromatic nitrogens is 3. The van der Waals surface area contributed by atoms with E-state index < -0.39 is 38.0 Å². The molecule has 3 heterocycles. The molecule has 1 fully saturated rings. The fraction of sp³-hybridized carbons (Fsp3) is 0.423. The molecule has 1 aliphatic rings. The van der Waals surface area contributed by atoms with Crippen LogP contribution in [0.1, 0.15) is 16.8 Å². The number of halogens is 4. The van der Waals surface area contributed by atoms with Crippen LogP contribution in [0.5, 0.6) is 5.75 Å². The maximum Gasteiger partial charge on any atom is 0.573 e. The zero-order valence-electron chi connectivity index (χ0n) is 22.3. The van der Waals surface area contributed by atoms with Crippen molar-refractivity contribution in [2.45, 2.75) is 51.3 Å². The average molecular weight is 582 g/mol. The minimum Gasteiger partial charge on any atom is -0.403 e. The lowest BCUT2D eigenvalue weighted by atomic mass is 10.1. The van der Waals surface area contributed by atoms with Crippen molar-refractivity contribution in [1.29, 1.82) is 0 Å². The van der Waals surface area contributed by atoms with E-state index in [1.165, 1.54) is 6.20 Å². The second kappa shape index (κ2) is 11.9. The molecule has 40 heavy (non-hydrogen) atoms. The van der Waals surface area contributed by atoms with Crippen molar-refractivity contribution in [2.75, 3.05) is 29.9 Å². The molecule has 3 aromatic rings. The first kappa shape index (κ1) is 29.5. The molecule has 1 amide bonds. The van der Waals surface area contributed by atoms with Gasteiger partial charge in [-0.1, -0.05) is 19.6 Å². The molecule has 2 aromatic heterocycles. The quantitative estimate of drug-likeness (QED) is 0.195. The molecule has 1 saturated heterocycles. The third-order valence-electron chi connectivity index (χ3n) is 6.21. The van der Waals surface area contributed by atoms with Crippen molar-refractivity contribution in [3.63, 3.8) is 0 Å². The summed E-state index contributed by atoms with van der Waals surface area (Å²) in [6.07, 6.45) is -2.03. The molecule has 2 N–H and O–H groups in total. The lowest BCUT2D eigenvalue weighted by Crippen LogP contribution is -2.24. The first-order valence-electron chi connectivity index (χ1n) is 12.7. The number of aliphatic hydroxyl groups is 1. The van der Waals surface area contributed by atoms with Crippen molar-refractivity contribution in [1.82, 2.24) is 14.8 Å². The molecule has 216 valence electrons. The summed E-state index contributed by atoms with van der Waals surface area (Å²) in [4.78, 5) is 19.5. The van der Waals surface area contributed by atoms with Crippen LogP contribution in [-0.2, 0) is 11.5 Å². The van der Waals surface area contributed by atoms with Gasteiger partial charge < -0.3 is 24.8 Å². The number of amides is 1. The molecular weight excluding hydrogens is 550 g/mol. The summed E-state index contributed by atoms with van der Waals surface area (Å²) in [5.74, 6) is -2.39. The number of hydrogen-bond donors (Lipinski definition) is 2. The Morgan fingerprint density at radius 2 is 2.00 bits per heavy atom. The van der Waals surface area contributed by atoms with Crippen LogP contribution in [0.4, 0.5) is 29.1 Å². The van der Waals surface area contributed by atoms with Crippen LogP contribution < -0.4 is 15.0 Å². The van der Waals surface area contributed by atoms with Gasteiger partial charge in [0.05, 0.1) is 17.4 Å². The molecule has 1 atom stereocenters. The molecule has 0 unspecified atom stereocenters. The van der Waals surface area contributed by atoms with E-state index >= 15 is 0 Å². The molecule has 4 rings (SSSR count). The topological polar surface area (TPSA) is 102 Å². The zero-order chi connectivity index (χ0) is 29.1. The molecule has 0 aliphatic carbocycles. The summed E-state index contributed by atoms with van der Waals surface area (Å²) in [5, 5.41) is 16.9. The number of aliphatic hydroxyl groups excluding tert-OH is 1. The van der Waals surface area contributed by atoms with Gasteiger partial charge in [0.2, 0.25) is 0 Å². The van der Waals surface area contributed by atoms with Gasteiger partial charge >= 0.3 is 6.36 Å². The predicted molar refractivity (Wildman–Crippen MR) is 143 cm³/mol. The second-order valence-corrected chi connectivity index (χ2v) is 16.3. The monoisotopic (exact) mass is 581 g/mol. The van der Waals surface area contributed by atoms with Crippen LogP contribution >= 0.6 is 0 Å². The van der Waals surface area contributed by atoms with Crippen molar-refractivity contribution < 1.29 is 36.9 Å². The van der Waals surface area contributed by atoms with E-state index in [0.717, 1.165) is 24.2 Å². The van der Waals surface area contributed by atoms with Crippen molar-refractivity contribution in [3.05, 3.63) is 54.1 Å². The Morgan fingerprint density at radius 3 is 2.65 bits per heavy atom. The van der Waals surface area contributed by atoms with Crippen LogP contribution in [0.25, 0.3) is 11.3 Å². The van der Waals surface area contributed by atoms with E-state index in [9.17, 15) is 27.5 Å². The Labute approximate surface area is 229 Å². The van der Waals surface area contributed by atoms with Gasteiger partial charge in [-0.2, -0.15) is 5.10 Å². The van der Waals surface area contributed by atoms with Crippen LogP contribution in [0.2, 0.25) is 25.7 Å². The molecule has 0 saturated carbocycles. The highest BCUT2D eigenvalue weighted by molar-refractivity contribution is 6.76. The molecule has 1 aliphatic heterocycles. The SMILES string of the molecule is C[Si](C)(C)CCOCn1nccc1-c1cc(C(=O)Nc2ccc(OC(F)(F)F)c(F)c2)cnc1N1CC[C@@H](O)C1. The minimum atomic E-state index is -5.05. The van der Waals surface area contributed by atoms with E-state index in [0.29, 0.717) is 43.2 Å². The molecular formula is C26H31F4N5O4Si. The maximum absolute atomic E-state index is 14.1. The number of pyridine rings is 1. The molecule has 0 spiro atoms. The molecule has 1 aromatic carbocycles. The number of hydrogen-bond acceptors (Lipinski definition) is 7. The van der Waals surface area contributed by atoms with Gasteiger partial charge in [-0.05, 0) is 36.7 Å². The lowest BCUT2D eigenvalue weighted by Gasteiger charge is -2.21. The molecule has 9 nitrogen and oxygen atoms in total. The molecule has 14 heteroatoms. The number of carbonyl (C=O) groups excluding carboxylic acids is 1. The van der Waals surface area contributed by atoms with Gasteiger partial charge in [0.1, 0.15) is 12.5 Å². The summed E-state index contributed by atoms with van der Waals surface area (Å²) in [7, 11) is -1.28. The van der Waals surface area contributed by atoms with Crippen molar-refractivity contribution in [3.8, 4) is 17.0 Å². The molecule has 0 radical (unpaired) electrons. The van der Waals surface area contributed by atoms with E-state index in [1.54, 1.807) is 23.0 Å². The largest absolute Gasteiger partial charge is 0.573 e. The van der Waals surface area contributed by atoms with E-state index in [-0.39, 0.29) is 18.0 Å². The van der Waals surface area contributed by atoms with Gasteiger partial charge in [-0.3, -0.25) is 4.79 Å². The van der Waals surface area contributed by atoms with E-state index in [4.69, 9.17) is 4.74 Å². The number of ether oxygens (including phenoxy) is 2. The van der Waals surface area contributed by atoms with Crippen LogP contribution in [0.3, 0.4) is 0 Å². The second-order valence-electron chi connectivity index (χ2n) is 10.7. The van der Waals surface area contributed by atoms with Gasteiger partial charge in [-0.25, -0.2) is 14.1 Å². The average Bonchev–Trinajstić information content (AvgIpc) is 3.51. The first-order chi connectivity index (χ1) is 18.8. The van der Waals surface area contributed by atoms with Crippen molar-refractivity contribution >= 4 is 25.5 Å². The number of β-amino-alcohol motifs (C(OH)–C–C–N with tert-alkyl or cyclic N) is 1. The minimum absolute atomic E-state index is 0.0637. The number of rotatable bonds is 10. The Kier molecular flexibility index (Phi) is 8.80. The Hall–Kier alpha value is -3.49. The fourth-order valence-corrected chi connectivity index (χ4v) is 4.90. The Balaban J connectivity index is 1.58. The normalized spacial score (nSPS) is 15.9. The number of nitrogens with zero attached hydrogens (tertiary/aromatic N) is 4. The highest BCUT2D eigenvalue weighted by Gasteiger charge is 2.32. The molecule has 0 bridgehead atoms.